The molecule has 0 fully saturated rings. The van der Waals surface area contributed by atoms with Crippen LogP contribution in [-0.2, 0) is 6.42 Å². The molecule has 3 aromatic carbocycles. The first-order chi connectivity index (χ1) is 15.8. The summed E-state index contributed by atoms with van der Waals surface area (Å²) in [7, 11) is 0. The topological polar surface area (TPSA) is 54.9 Å². The van der Waals surface area contributed by atoms with Gasteiger partial charge in [-0.25, -0.2) is 0 Å². The molecule has 0 radical (unpaired) electrons. The molecule has 0 aliphatic carbocycles. The maximum absolute atomic E-state index is 12.6. The second-order valence-corrected chi connectivity index (χ2v) is 7.65. The molecule has 0 saturated heterocycles. The van der Waals surface area contributed by atoms with E-state index in [1.807, 2.05) is 73.2 Å². The first-order valence-corrected chi connectivity index (χ1v) is 10.5. The molecule has 0 aliphatic rings. The minimum Gasteiger partial charge on any atom is -0.322 e. The fourth-order valence-electron chi connectivity index (χ4n) is 3.87. The lowest BCUT2D eigenvalue weighted by molar-refractivity contribution is 0.102. The maximum Gasteiger partial charge on any atom is 0.255 e. The van der Waals surface area contributed by atoms with Crippen LogP contribution in [0.1, 0.15) is 21.5 Å². The lowest BCUT2D eigenvalue weighted by Gasteiger charge is -2.12. The standard InChI is InChI=1S/C28H21N3O/c32-28(22-6-2-1-3-7-22)31-25-10-4-8-23(19-25)26-18-21(16-20-11-14-29-15-12-20)17-24-9-5-13-30-27(24)26/h1-15,17-19H,16H2,(H,31,32). The molecule has 1 N–H and O–H groups in total. The highest BCUT2D eigenvalue weighted by Crippen LogP contribution is 2.31. The van der Waals surface area contributed by atoms with Crippen LogP contribution < -0.4 is 5.32 Å². The van der Waals surface area contributed by atoms with E-state index >= 15 is 0 Å². The number of pyridine rings is 2. The van der Waals surface area contributed by atoms with Crippen molar-refractivity contribution in [1.82, 2.24) is 9.97 Å². The van der Waals surface area contributed by atoms with Crippen LogP contribution in [0.5, 0.6) is 0 Å². The van der Waals surface area contributed by atoms with Crippen LogP contribution >= 0.6 is 0 Å². The third kappa shape index (κ3) is 4.25. The van der Waals surface area contributed by atoms with Crippen molar-refractivity contribution in [2.45, 2.75) is 6.42 Å². The van der Waals surface area contributed by atoms with Gasteiger partial charge >= 0.3 is 0 Å². The first-order valence-electron chi connectivity index (χ1n) is 10.5. The first kappa shape index (κ1) is 19.6. The Morgan fingerprint density at radius 3 is 2.44 bits per heavy atom. The van der Waals surface area contributed by atoms with Gasteiger partial charge in [-0.3, -0.25) is 14.8 Å². The molecule has 0 unspecified atom stereocenters. The number of hydrogen-bond acceptors (Lipinski definition) is 3. The highest BCUT2D eigenvalue weighted by Gasteiger charge is 2.11. The van der Waals surface area contributed by atoms with Crippen LogP contribution in [0.3, 0.4) is 0 Å². The molecule has 154 valence electrons. The Hall–Kier alpha value is -4.31. The van der Waals surface area contributed by atoms with Crippen LogP contribution in [0.4, 0.5) is 5.69 Å². The van der Waals surface area contributed by atoms with Gasteiger partial charge in [-0.1, -0.05) is 36.4 Å². The van der Waals surface area contributed by atoms with Gasteiger partial charge in [0.2, 0.25) is 0 Å². The summed E-state index contributed by atoms with van der Waals surface area (Å²) < 4.78 is 0. The highest BCUT2D eigenvalue weighted by molar-refractivity contribution is 6.04. The van der Waals surface area contributed by atoms with Crippen molar-refractivity contribution in [3.8, 4) is 11.1 Å². The molecule has 0 atom stereocenters. The third-order valence-electron chi connectivity index (χ3n) is 5.39. The number of carbonyl (C=O) groups is 1. The average molecular weight is 415 g/mol. The van der Waals surface area contributed by atoms with Gasteiger partial charge in [0.1, 0.15) is 0 Å². The number of hydrogen-bond donors (Lipinski definition) is 1. The molecule has 4 heteroatoms. The second kappa shape index (κ2) is 8.82. The van der Waals surface area contributed by atoms with Gasteiger partial charge < -0.3 is 5.32 Å². The summed E-state index contributed by atoms with van der Waals surface area (Å²) in [5, 5.41) is 4.10. The van der Waals surface area contributed by atoms with E-state index in [0.717, 1.165) is 34.1 Å². The van der Waals surface area contributed by atoms with Crippen LogP contribution in [-0.4, -0.2) is 15.9 Å². The van der Waals surface area contributed by atoms with Crippen LogP contribution in [0.2, 0.25) is 0 Å². The van der Waals surface area contributed by atoms with E-state index in [-0.39, 0.29) is 5.91 Å². The Bertz CT molecular complexity index is 1380. The molecule has 4 nitrogen and oxygen atoms in total. The summed E-state index contributed by atoms with van der Waals surface area (Å²) in [6.07, 6.45) is 6.26. The molecular formula is C28H21N3O. The second-order valence-electron chi connectivity index (χ2n) is 7.65. The quantitative estimate of drug-likeness (QED) is 0.375. The SMILES string of the molecule is O=C(Nc1cccc(-c2cc(Cc3ccncc3)cc3cccnc23)c1)c1ccccc1. The van der Waals surface area contributed by atoms with Gasteiger partial charge in [-0.2, -0.15) is 0 Å². The molecule has 32 heavy (non-hydrogen) atoms. The fourth-order valence-corrected chi connectivity index (χ4v) is 3.87. The zero-order chi connectivity index (χ0) is 21.8. The van der Waals surface area contributed by atoms with Gasteiger partial charge in [-0.05, 0) is 77.7 Å². The monoisotopic (exact) mass is 415 g/mol. The number of nitrogens with one attached hydrogen (secondary N) is 1. The van der Waals surface area contributed by atoms with Crippen LogP contribution in [0.15, 0.2) is 110 Å². The average Bonchev–Trinajstić information content (AvgIpc) is 2.85. The van der Waals surface area contributed by atoms with Crippen molar-refractivity contribution < 1.29 is 4.79 Å². The molecule has 5 aromatic rings. The highest BCUT2D eigenvalue weighted by atomic mass is 16.1. The minimum atomic E-state index is -0.128. The van der Waals surface area contributed by atoms with Crippen molar-refractivity contribution in [3.63, 3.8) is 0 Å². The van der Waals surface area contributed by atoms with E-state index in [1.165, 1.54) is 11.1 Å². The van der Waals surface area contributed by atoms with Gasteiger partial charge in [0, 0.05) is 40.8 Å². The Balaban J connectivity index is 1.52. The summed E-state index contributed by atoms with van der Waals surface area (Å²) in [5.74, 6) is -0.128. The smallest absolute Gasteiger partial charge is 0.255 e. The normalized spacial score (nSPS) is 10.8. The van der Waals surface area contributed by atoms with Gasteiger partial charge in [0.25, 0.3) is 5.91 Å². The number of aromatic nitrogens is 2. The van der Waals surface area contributed by atoms with Gasteiger partial charge in [0.15, 0.2) is 0 Å². The van der Waals surface area contributed by atoms with Crippen LogP contribution in [0.25, 0.3) is 22.0 Å². The van der Waals surface area contributed by atoms with Crippen molar-refractivity contribution in [1.29, 1.82) is 0 Å². The summed E-state index contributed by atoms with van der Waals surface area (Å²) >= 11 is 0. The largest absolute Gasteiger partial charge is 0.322 e. The van der Waals surface area contributed by atoms with Gasteiger partial charge in [0.05, 0.1) is 5.52 Å². The molecule has 0 bridgehead atoms. The molecular weight excluding hydrogens is 394 g/mol. The van der Waals surface area contributed by atoms with Crippen molar-refractivity contribution in [3.05, 3.63) is 126 Å². The molecule has 0 spiro atoms. The van der Waals surface area contributed by atoms with E-state index in [4.69, 9.17) is 0 Å². The third-order valence-corrected chi connectivity index (χ3v) is 5.39. The van der Waals surface area contributed by atoms with E-state index in [9.17, 15) is 4.79 Å². The Morgan fingerprint density at radius 1 is 0.750 bits per heavy atom. The van der Waals surface area contributed by atoms with Crippen LogP contribution in [0, 0.1) is 0 Å². The maximum atomic E-state index is 12.6. The zero-order valence-electron chi connectivity index (χ0n) is 17.4. The van der Waals surface area contributed by atoms with Crippen molar-refractivity contribution in [2.75, 3.05) is 5.32 Å². The van der Waals surface area contributed by atoms with E-state index < -0.39 is 0 Å². The van der Waals surface area contributed by atoms with Crippen molar-refractivity contribution in [2.24, 2.45) is 0 Å². The summed E-state index contributed by atoms with van der Waals surface area (Å²) in [5.41, 5.74) is 6.78. The van der Waals surface area contributed by atoms with E-state index in [0.29, 0.717) is 5.56 Å². The summed E-state index contributed by atoms with van der Waals surface area (Å²) in [4.78, 5) is 21.4. The number of benzene rings is 3. The predicted molar refractivity (Wildman–Crippen MR) is 129 cm³/mol. The molecule has 5 rings (SSSR count). The summed E-state index contributed by atoms with van der Waals surface area (Å²) in [6.45, 7) is 0. The number of nitrogens with zero attached hydrogens (tertiary/aromatic N) is 2. The lowest BCUT2D eigenvalue weighted by Crippen LogP contribution is -2.11. The summed E-state index contributed by atoms with van der Waals surface area (Å²) in [6, 6.07) is 29.6. The molecule has 1 amide bonds. The number of amides is 1. The molecule has 0 aliphatic heterocycles. The Morgan fingerprint density at radius 2 is 1.59 bits per heavy atom. The Labute approximate surface area is 186 Å². The fraction of sp³-hybridized carbons (Fsp3) is 0.0357. The Kier molecular flexibility index (Phi) is 5.41. The predicted octanol–water partition coefficient (Wildman–Crippen LogP) is 6.14. The zero-order valence-corrected chi connectivity index (χ0v) is 17.4. The number of anilines is 1. The van der Waals surface area contributed by atoms with Crippen molar-refractivity contribution >= 4 is 22.5 Å². The molecule has 2 heterocycles. The minimum absolute atomic E-state index is 0.128. The van der Waals surface area contributed by atoms with E-state index in [1.54, 1.807) is 12.1 Å². The lowest BCUT2D eigenvalue weighted by atomic mass is 9.96. The number of rotatable bonds is 5. The number of fused-ring (bicyclic) bond motifs is 1. The molecule has 0 saturated carbocycles. The molecule has 2 aromatic heterocycles. The number of carbonyl (C=O) groups excluding carboxylic acids is 1. The van der Waals surface area contributed by atoms with E-state index in [2.05, 4.69) is 39.6 Å². The van der Waals surface area contributed by atoms with Gasteiger partial charge in [-0.15, -0.1) is 0 Å².